The van der Waals surface area contributed by atoms with Gasteiger partial charge in [0.2, 0.25) is 0 Å². The van der Waals surface area contributed by atoms with E-state index in [1.165, 1.54) is 18.5 Å². The first-order valence-corrected chi connectivity index (χ1v) is 7.93. The van der Waals surface area contributed by atoms with Crippen LogP contribution < -0.4 is 5.32 Å². The topological polar surface area (TPSA) is 83.6 Å². The fourth-order valence-corrected chi connectivity index (χ4v) is 2.74. The van der Waals surface area contributed by atoms with Crippen LogP contribution in [0.25, 0.3) is 10.9 Å². The van der Waals surface area contributed by atoms with Crippen molar-refractivity contribution < 1.29 is 9.18 Å². The quantitative estimate of drug-likeness (QED) is 0.754. The molecule has 1 aliphatic rings. The Kier molecular flexibility index (Phi) is 3.68. The highest BCUT2D eigenvalue weighted by atomic mass is 19.1. The van der Waals surface area contributed by atoms with Crippen molar-refractivity contribution in [3.63, 3.8) is 0 Å². The number of nitrogens with zero attached hydrogens (tertiary/aromatic N) is 3. The predicted octanol–water partition coefficient (Wildman–Crippen LogP) is 2.34. The molecule has 1 amide bonds. The average molecular weight is 325 g/mol. The largest absolute Gasteiger partial charge is 0.352 e. The van der Waals surface area contributed by atoms with E-state index < -0.39 is 0 Å². The Morgan fingerprint density at radius 3 is 2.96 bits per heavy atom. The molecule has 0 saturated heterocycles. The van der Waals surface area contributed by atoms with Gasteiger partial charge in [-0.2, -0.15) is 5.10 Å². The van der Waals surface area contributed by atoms with Gasteiger partial charge in [0, 0.05) is 30.0 Å². The number of carbonyl (C=O) groups is 1. The van der Waals surface area contributed by atoms with E-state index in [-0.39, 0.29) is 11.7 Å². The molecule has 0 radical (unpaired) electrons. The second-order valence-corrected chi connectivity index (χ2v) is 5.97. The first-order valence-electron chi connectivity index (χ1n) is 7.93. The third kappa shape index (κ3) is 2.97. The molecule has 3 aromatic rings. The second-order valence-electron chi connectivity index (χ2n) is 5.97. The highest BCUT2D eigenvalue weighted by molar-refractivity contribution is 6.06. The van der Waals surface area contributed by atoms with Gasteiger partial charge in [0.25, 0.3) is 5.91 Å². The summed E-state index contributed by atoms with van der Waals surface area (Å²) in [5.74, 6) is 0.522. The lowest BCUT2D eigenvalue weighted by Gasteiger charge is -2.10. The number of nitrogens with one attached hydrogen (secondary N) is 2. The van der Waals surface area contributed by atoms with Crippen molar-refractivity contribution in [1.82, 2.24) is 25.5 Å². The fourth-order valence-electron chi connectivity index (χ4n) is 2.74. The van der Waals surface area contributed by atoms with Crippen LogP contribution >= 0.6 is 0 Å². The molecule has 1 aromatic carbocycles. The second kappa shape index (κ2) is 5.99. The lowest BCUT2D eigenvalue weighted by molar-refractivity contribution is 0.0955. The first kappa shape index (κ1) is 14.7. The van der Waals surface area contributed by atoms with Crippen LogP contribution in [0.5, 0.6) is 0 Å². The molecule has 0 bridgehead atoms. The number of halogens is 1. The Hall–Kier alpha value is -2.83. The van der Waals surface area contributed by atoms with E-state index in [0.717, 1.165) is 18.5 Å². The molecule has 0 aliphatic heterocycles. The van der Waals surface area contributed by atoms with Crippen LogP contribution in [0, 0.1) is 5.82 Å². The van der Waals surface area contributed by atoms with Gasteiger partial charge in [-0.3, -0.25) is 14.9 Å². The van der Waals surface area contributed by atoms with Crippen LogP contribution in [0.2, 0.25) is 0 Å². The molecule has 1 aliphatic carbocycles. The van der Waals surface area contributed by atoms with Crippen LogP contribution in [-0.4, -0.2) is 32.6 Å². The number of aromatic nitrogens is 4. The van der Waals surface area contributed by atoms with Gasteiger partial charge >= 0.3 is 0 Å². The number of carbonyl (C=O) groups excluding carboxylic acids is 1. The summed E-state index contributed by atoms with van der Waals surface area (Å²) in [4.78, 5) is 21.2. The molecule has 1 saturated carbocycles. The van der Waals surface area contributed by atoms with E-state index in [9.17, 15) is 9.18 Å². The van der Waals surface area contributed by atoms with Gasteiger partial charge in [0.05, 0.1) is 11.1 Å². The number of rotatable bonds is 5. The molecule has 2 heterocycles. The summed E-state index contributed by atoms with van der Waals surface area (Å²) in [6.07, 6.45) is 4.16. The minimum atomic E-state index is -0.376. The van der Waals surface area contributed by atoms with E-state index in [1.807, 2.05) is 0 Å². The molecule has 122 valence electrons. The smallest absolute Gasteiger partial charge is 0.252 e. The monoisotopic (exact) mass is 325 g/mol. The van der Waals surface area contributed by atoms with Crippen LogP contribution in [0.4, 0.5) is 4.39 Å². The minimum absolute atomic E-state index is 0.227. The lowest BCUT2D eigenvalue weighted by atomic mass is 10.0. The van der Waals surface area contributed by atoms with E-state index in [2.05, 4.69) is 25.5 Å². The molecular weight excluding hydrogens is 309 g/mol. The number of fused-ring (bicyclic) bond motifs is 1. The maximum Gasteiger partial charge on any atom is 0.252 e. The number of hydrogen-bond acceptors (Lipinski definition) is 4. The lowest BCUT2D eigenvalue weighted by Crippen LogP contribution is -2.26. The van der Waals surface area contributed by atoms with Gasteiger partial charge in [-0.05, 0) is 37.1 Å². The highest BCUT2D eigenvalue weighted by Crippen LogP contribution is 2.40. The molecule has 0 unspecified atom stereocenters. The van der Waals surface area contributed by atoms with Crippen molar-refractivity contribution in [2.75, 3.05) is 6.54 Å². The number of hydrogen-bond donors (Lipinski definition) is 2. The number of benzene rings is 1. The van der Waals surface area contributed by atoms with Gasteiger partial charge in [-0.25, -0.2) is 9.37 Å². The summed E-state index contributed by atoms with van der Waals surface area (Å²) < 4.78 is 13.6. The summed E-state index contributed by atoms with van der Waals surface area (Å²) in [6, 6.07) is 6.16. The molecule has 7 heteroatoms. The van der Waals surface area contributed by atoms with Crippen molar-refractivity contribution in [1.29, 1.82) is 0 Å². The summed E-state index contributed by atoms with van der Waals surface area (Å²) in [5.41, 5.74) is 2.04. The molecule has 2 N–H and O–H groups in total. The zero-order valence-electron chi connectivity index (χ0n) is 12.9. The van der Waals surface area contributed by atoms with Crippen molar-refractivity contribution in [3.8, 4) is 0 Å². The summed E-state index contributed by atoms with van der Waals surface area (Å²) >= 11 is 0. The zero-order chi connectivity index (χ0) is 16.5. The fraction of sp³-hybridized carbons (Fsp3) is 0.294. The molecule has 2 aromatic heterocycles. The first-order chi connectivity index (χ1) is 11.7. The Labute approximate surface area is 137 Å². The molecule has 0 atom stereocenters. The highest BCUT2D eigenvalue weighted by Gasteiger charge is 2.27. The van der Waals surface area contributed by atoms with Crippen molar-refractivity contribution in [2.24, 2.45) is 0 Å². The van der Waals surface area contributed by atoms with Crippen LogP contribution in [0.3, 0.4) is 0 Å². The third-order valence-corrected chi connectivity index (χ3v) is 4.14. The standard InChI is InChI=1S/C17H16FN5O/c18-11-3-4-14-12(7-11)13(8-15(22-14)10-1-2-10)17(24)19-6-5-16-20-9-21-23-16/h3-4,7-10H,1-2,5-6H2,(H,19,24)(H,20,21,23). The van der Waals surface area contributed by atoms with Gasteiger partial charge < -0.3 is 5.32 Å². The van der Waals surface area contributed by atoms with Crippen LogP contribution in [-0.2, 0) is 6.42 Å². The Morgan fingerprint density at radius 1 is 1.33 bits per heavy atom. The van der Waals surface area contributed by atoms with E-state index in [1.54, 1.807) is 12.1 Å². The summed E-state index contributed by atoms with van der Waals surface area (Å²) in [5, 5.41) is 9.91. The summed E-state index contributed by atoms with van der Waals surface area (Å²) in [7, 11) is 0. The minimum Gasteiger partial charge on any atom is -0.352 e. The number of amides is 1. The van der Waals surface area contributed by atoms with E-state index >= 15 is 0 Å². The number of H-pyrrole nitrogens is 1. The van der Waals surface area contributed by atoms with Gasteiger partial charge in [-0.15, -0.1) is 0 Å². The molecule has 0 spiro atoms. The van der Waals surface area contributed by atoms with E-state index in [4.69, 9.17) is 0 Å². The maximum atomic E-state index is 13.6. The molecule has 24 heavy (non-hydrogen) atoms. The molecule has 1 fully saturated rings. The third-order valence-electron chi connectivity index (χ3n) is 4.14. The van der Waals surface area contributed by atoms with Crippen LogP contribution in [0.1, 0.15) is 40.6 Å². The summed E-state index contributed by atoms with van der Waals surface area (Å²) in [6.45, 7) is 0.423. The maximum absolute atomic E-state index is 13.6. The van der Waals surface area contributed by atoms with Crippen molar-refractivity contribution in [2.45, 2.75) is 25.2 Å². The van der Waals surface area contributed by atoms with Crippen molar-refractivity contribution >= 4 is 16.8 Å². The van der Waals surface area contributed by atoms with E-state index in [0.29, 0.717) is 41.2 Å². The molecule has 4 rings (SSSR count). The predicted molar refractivity (Wildman–Crippen MR) is 86.1 cm³/mol. The number of aromatic amines is 1. The Morgan fingerprint density at radius 2 is 2.21 bits per heavy atom. The van der Waals surface area contributed by atoms with Crippen molar-refractivity contribution in [3.05, 3.63) is 53.5 Å². The Balaban J connectivity index is 1.60. The zero-order valence-corrected chi connectivity index (χ0v) is 12.9. The molecular formula is C17H16FN5O. The van der Waals surface area contributed by atoms with Gasteiger partial charge in [0.15, 0.2) is 0 Å². The average Bonchev–Trinajstić information content (AvgIpc) is 3.31. The normalized spacial score (nSPS) is 14.0. The molecule has 6 nitrogen and oxygen atoms in total. The van der Waals surface area contributed by atoms with Gasteiger partial charge in [0.1, 0.15) is 18.0 Å². The van der Waals surface area contributed by atoms with Crippen LogP contribution in [0.15, 0.2) is 30.6 Å². The van der Waals surface area contributed by atoms with Gasteiger partial charge in [-0.1, -0.05) is 0 Å². The SMILES string of the molecule is O=C(NCCc1ncn[nH]1)c1cc(C2CC2)nc2ccc(F)cc12. The number of pyridine rings is 1. The Bertz CT molecular complexity index is 889.